The Balaban J connectivity index is 1.71. The van der Waals surface area contributed by atoms with Gasteiger partial charge in [-0.25, -0.2) is 13.4 Å². The standard InChI is InChI=1S/C14H22N4O2S/c1-2-17-11-5-3-4-6-13-15-10-16-18(13)21(19,20)9-14(7-11)8-12(14)17/h10-12H,2-9H2,1H3/t11-,12-,14+/m1/s1. The van der Waals surface area contributed by atoms with Crippen LogP contribution in [0.15, 0.2) is 6.33 Å². The van der Waals surface area contributed by atoms with Crippen molar-refractivity contribution in [2.24, 2.45) is 5.41 Å². The second kappa shape index (κ2) is 4.52. The highest BCUT2D eigenvalue weighted by Gasteiger charge is 2.65. The first-order valence-electron chi connectivity index (χ1n) is 7.94. The van der Waals surface area contributed by atoms with Gasteiger partial charge in [0.1, 0.15) is 12.2 Å². The SMILES string of the molecule is CCN1[C@@H]2CCCCc3ncnn3S(=O)(=O)C[C@]3(C2)C[C@@H]13. The van der Waals surface area contributed by atoms with Gasteiger partial charge in [-0.1, -0.05) is 13.3 Å². The minimum absolute atomic E-state index is 0.0208. The monoisotopic (exact) mass is 310 g/mol. The Bertz CT molecular complexity index is 656. The molecule has 0 unspecified atom stereocenters. The summed E-state index contributed by atoms with van der Waals surface area (Å²) in [5, 5.41) is 3.99. The smallest absolute Gasteiger partial charge is 0.256 e. The van der Waals surface area contributed by atoms with Crippen LogP contribution in [0.4, 0.5) is 0 Å². The zero-order chi connectivity index (χ0) is 14.7. The van der Waals surface area contributed by atoms with Crippen molar-refractivity contribution in [1.82, 2.24) is 19.1 Å². The summed E-state index contributed by atoms with van der Waals surface area (Å²) in [6.45, 7) is 3.23. The third-order valence-electron chi connectivity index (χ3n) is 5.53. The van der Waals surface area contributed by atoms with E-state index >= 15 is 0 Å². The summed E-state index contributed by atoms with van der Waals surface area (Å²) in [7, 11) is -3.38. The van der Waals surface area contributed by atoms with Crippen molar-refractivity contribution in [3.63, 3.8) is 0 Å². The molecule has 1 aliphatic carbocycles. The van der Waals surface area contributed by atoms with Crippen LogP contribution < -0.4 is 0 Å². The number of hydrogen-bond acceptors (Lipinski definition) is 5. The van der Waals surface area contributed by atoms with Crippen LogP contribution in [-0.4, -0.2) is 51.9 Å². The summed E-state index contributed by atoms with van der Waals surface area (Å²) in [5.41, 5.74) is -0.0208. The van der Waals surface area contributed by atoms with Gasteiger partial charge in [-0.2, -0.15) is 0 Å². The maximum Gasteiger partial charge on any atom is 0.256 e. The molecule has 0 amide bonds. The lowest BCUT2D eigenvalue weighted by atomic mass is 9.97. The second-order valence-electron chi connectivity index (χ2n) is 6.79. The number of rotatable bonds is 1. The molecule has 2 bridgehead atoms. The number of aryl methyl sites for hydroxylation is 1. The lowest BCUT2D eigenvalue weighted by molar-refractivity contribution is 0.215. The van der Waals surface area contributed by atoms with Gasteiger partial charge in [-0.05, 0) is 32.2 Å². The Labute approximate surface area is 125 Å². The topological polar surface area (TPSA) is 68.1 Å². The van der Waals surface area contributed by atoms with Gasteiger partial charge in [-0.3, -0.25) is 4.90 Å². The quantitative estimate of drug-likeness (QED) is 0.775. The predicted octanol–water partition coefficient (Wildman–Crippen LogP) is 1.04. The van der Waals surface area contributed by atoms with Gasteiger partial charge in [-0.15, -0.1) is 9.19 Å². The fourth-order valence-electron chi connectivity index (χ4n) is 4.55. The molecule has 1 aromatic rings. The molecule has 2 fully saturated rings. The van der Waals surface area contributed by atoms with E-state index < -0.39 is 10.0 Å². The minimum Gasteiger partial charge on any atom is -0.297 e. The Morgan fingerprint density at radius 1 is 1.38 bits per heavy atom. The summed E-state index contributed by atoms with van der Waals surface area (Å²) in [6, 6.07) is 1.04. The molecule has 1 saturated heterocycles. The van der Waals surface area contributed by atoms with Crippen molar-refractivity contribution in [1.29, 1.82) is 0 Å². The van der Waals surface area contributed by atoms with E-state index in [4.69, 9.17) is 0 Å². The molecule has 1 saturated carbocycles. The highest BCUT2D eigenvalue weighted by molar-refractivity contribution is 7.89. The van der Waals surface area contributed by atoms with Gasteiger partial charge >= 0.3 is 0 Å². The molecule has 3 atom stereocenters. The molecule has 21 heavy (non-hydrogen) atoms. The minimum atomic E-state index is -3.38. The van der Waals surface area contributed by atoms with Gasteiger partial charge in [0.25, 0.3) is 10.0 Å². The average Bonchev–Trinajstić information content (AvgIpc) is 2.84. The van der Waals surface area contributed by atoms with Crippen molar-refractivity contribution in [3.05, 3.63) is 12.2 Å². The maximum atomic E-state index is 12.7. The fraction of sp³-hybridized carbons (Fsp3) is 0.857. The normalized spacial score (nSPS) is 38.3. The summed E-state index contributed by atoms with van der Waals surface area (Å²) >= 11 is 0. The van der Waals surface area contributed by atoms with E-state index in [1.807, 2.05) is 0 Å². The van der Waals surface area contributed by atoms with E-state index in [-0.39, 0.29) is 11.2 Å². The number of piperidine rings is 1. The molecule has 1 aromatic heterocycles. The molecule has 1 spiro atoms. The average molecular weight is 310 g/mol. The molecule has 3 heterocycles. The molecular weight excluding hydrogens is 288 g/mol. The van der Waals surface area contributed by atoms with E-state index in [0.29, 0.717) is 24.3 Å². The van der Waals surface area contributed by atoms with Crippen molar-refractivity contribution < 1.29 is 8.42 Å². The van der Waals surface area contributed by atoms with E-state index in [1.54, 1.807) is 0 Å². The second-order valence-corrected chi connectivity index (χ2v) is 8.59. The van der Waals surface area contributed by atoms with E-state index in [0.717, 1.165) is 32.2 Å². The Hall–Kier alpha value is -0.950. The fourth-order valence-corrected chi connectivity index (χ4v) is 6.47. The van der Waals surface area contributed by atoms with Gasteiger partial charge in [0.05, 0.1) is 5.75 Å². The predicted molar refractivity (Wildman–Crippen MR) is 78.4 cm³/mol. The van der Waals surface area contributed by atoms with Crippen LogP contribution in [0.3, 0.4) is 0 Å². The number of nitrogens with zero attached hydrogens (tertiary/aromatic N) is 4. The van der Waals surface area contributed by atoms with Crippen molar-refractivity contribution >= 4 is 10.0 Å². The number of likely N-dealkylation sites (tertiary alicyclic amines) is 1. The number of fused-ring (bicyclic) bond motifs is 2. The van der Waals surface area contributed by atoms with Gasteiger partial charge < -0.3 is 0 Å². The number of hydrogen-bond donors (Lipinski definition) is 0. The van der Waals surface area contributed by atoms with Crippen LogP contribution in [0.2, 0.25) is 0 Å². The molecule has 3 aliphatic rings. The van der Waals surface area contributed by atoms with Crippen LogP contribution in [0.1, 0.15) is 44.9 Å². The zero-order valence-electron chi connectivity index (χ0n) is 12.4. The van der Waals surface area contributed by atoms with Crippen molar-refractivity contribution in [2.45, 2.75) is 57.5 Å². The largest absolute Gasteiger partial charge is 0.297 e. The van der Waals surface area contributed by atoms with E-state index in [1.165, 1.54) is 16.8 Å². The highest BCUT2D eigenvalue weighted by Crippen LogP contribution is 2.60. The maximum absolute atomic E-state index is 12.7. The number of aromatic nitrogens is 3. The Morgan fingerprint density at radius 3 is 3.05 bits per heavy atom. The molecular formula is C14H22N4O2S. The van der Waals surface area contributed by atoms with Crippen LogP contribution in [0, 0.1) is 5.41 Å². The molecule has 7 heteroatoms. The summed E-state index contributed by atoms with van der Waals surface area (Å²) < 4.78 is 26.7. The highest BCUT2D eigenvalue weighted by atomic mass is 32.2. The van der Waals surface area contributed by atoms with E-state index in [2.05, 4.69) is 21.9 Å². The summed E-state index contributed by atoms with van der Waals surface area (Å²) in [4.78, 5) is 6.69. The third kappa shape index (κ3) is 2.04. The summed E-state index contributed by atoms with van der Waals surface area (Å²) in [6.07, 6.45) is 7.44. The molecule has 2 aliphatic heterocycles. The first kappa shape index (κ1) is 13.7. The van der Waals surface area contributed by atoms with Gasteiger partial charge in [0.2, 0.25) is 0 Å². The van der Waals surface area contributed by atoms with Crippen molar-refractivity contribution in [2.75, 3.05) is 12.3 Å². The molecule has 0 aromatic carbocycles. The first-order chi connectivity index (χ1) is 10.1. The molecule has 0 N–H and O–H groups in total. The van der Waals surface area contributed by atoms with Crippen LogP contribution in [0.25, 0.3) is 0 Å². The molecule has 4 rings (SSSR count). The first-order valence-corrected chi connectivity index (χ1v) is 9.54. The van der Waals surface area contributed by atoms with Gasteiger partial charge in [0.15, 0.2) is 0 Å². The van der Waals surface area contributed by atoms with Crippen LogP contribution >= 0.6 is 0 Å². The Morgan fingerprint density at radius 2 is 2.24 bits per heavy atom. The molecule has 6 nitrogen and oxygen atoms in total. The molecule has 0 radical (unpaired) electrons. The zero-order valence-corrected chi connectivity index (χ0v) is 13.2. The van der Waals surface area contributed by atoms with Crippen LogP contribution in [0.5, 0.6) is 0 Å². The van der Waals surface area contributed by atoms with Crippen molar-refractivity contribution in [3.8, 4) is 0 Å². The third-order valence-corrected chi connectivity index (χ3v) is 7.30. The van der Waals surface area contributed by atoms with Crippen LogP contribution in [-0.2, 0) is 16.4 Å². The lowest BCUT2D eigenvalue weighted by Gasteiger charge is -2.25. The Kier molecular flexibility index (Phi) is 2.95. The molecule has 116 valence electrons. The van der Waals surface area contributed by atoms with E-state index in [9.17, 15) is 8.42 Å². The van der Waals surface area contributed by atoms with Gasteiger partial charge in [0, 0.05) is 23.9 Å². The summed E-state index contributed by atoms with van der Waals surface area (Å²) in [5.74, 6) is 0.835. The lowest BCUT2D eigenvalue weighted by Crippen LogP contribution is -2.32.